The monoisotopic (exact) mass is 747 g/mol. The number of alkyl halides is 5. The Labute approximate surface area is 296 Å². The van der Waals surface area contributed by atoms with Gasteiger partial charge in [0.1, 0.15) is 12.4 Å². The summed E-state index contributed by atoms with van der Waals surface area (Å²) in [5.41, 5.74) is 0.0972. The van der Waals surface area contributed by atoms with Crippen LogP contribution in [0.1, 0.15) is 52.0 Å². The summed E-state index contributed by atoms with van der Waals surface area (Å²) < 4.78 is 79.5. The zero-order chi connectivity index (χ0) is 38.3. The van der Waals surface area contributed by atoms with Gasteiger partial charge in [-0.3, -0.25) is 10.4 Å². The van der Waals surface area contributed by atoms with Crippen LogP contribution in [0.15, 0.2) is 72.8 Å². The van der Waals surface area contributed by atoms with Gasteiger partial charge in [-0.25, -0.2) is 19.4 Å². The van der Waals surface area contributed by atoms with Crippen LogP contribution in [-0.2, 0) is 53.1 Å². The molecule has 2 heterocycles. The predicted molar refractivity (Wildman–Crippen MR) is 169 cm³/mol. The van der Waals surface area contributed by atoms with E-state index in [0.717, 1.165) is 9.36 Å². The number of carboxylic acids is 1. The van der Waals surface area contributed by atoms with Gasteiger partial charge in [0, 0.05) is 18.5 Å². The van der Waals surface area contributed by atoms with Gasteiger partial charge in [0.15, 0.2) is 11.4 Å². The molecular formula is C33H30F5N7O8. The third-order valence-corrected chi connectivity index (χ3v) is 7.70. The number of halogens is 5. The Bertz CT molecular complexity index is 2050. The molecule has 0 radical (unpaired) electrons. The minimum atomic E-state index is -6.05. The molecule has 0 amide bonds. The second kappa shape index (κ2) is 16.2. The molecule has 0 fully saturated rings. The topological polar surface area (TPSA) is 187 Å². The number of aromatic nitrogens is 6. The zero-order valence-corrected chi connectivity index (χ0v) is 27.6. The lowest BCUT2D eigenvalue weighted by Gasteiger charge is -2.18. The van der Waals surface area contributed by atoms with Gasteiger partial charge in [0.05, 0.1) is 12.0 Å². The average Bonchev–Trinajstić information content (AvgIpc) is 3.75. The van der Waals surface area contributed by atoms with E-state index in [1.54, 1.807) is 79.7 Å². The lowest BCUT2D eigenvalue weighted by molar-refractivity contribution is -0.497. The van der Waals surface area contributed by atoms with Crippen LogP contribution in [0.2, 0.25) is 0 Å². The minimum absolute atomic E-state index is 0.0404. The summed E-state index contributed by atoms with van der Waals surface area (Å²) in [4.78, 5) is 33.3. The lowest BCUT2D eigenvalue weighted by Crippen LogP contribution is -2.35. The van der Waals surface area contributed by atoms with Crippen molar-refractivity contribution in [3.63, 3.8) is 0 Å². The van der Waals surface area contributed by atoms with Crippen molar-refractivity contribution in [1.29, 1.82) is 0 Å². The standard InChI is InChI=1S/C33H30F5N7O8/c1-2-7-26-39-28(32(34,35)33(36,37)38)27(30(46)47)43(26)16-20-12-14-21(15-13-20)24-10-5-6-11-25(24)29-40-42-44(41-29)19-52-31(48)51-17-22-8-3-4-9-23(22)18-53-45(49)50/h3-6,8-15,49-50H,2,7,16-19H2,1H3,(H,46,47). The highest BCUT2D eigenvalue weighted by Gasteiger charge is 2.62. The average molecular weight is 748 g/mol. The Morgan fingerprint density at radius 3 is 2.13 bits per heavy atom. The van der Waals surface area contributed by atoms with E-state index in [1.807, 2.05) is 0 Å². The molecule has 0 unspecified atom stereocenters. The second-order valence-electron chi connectivity index (χ2n) is 11.3. The van der Waals surface area contributed by atoms with Crippen LogP contribution in [0.5, 0.6) is 0 Å². The van der Waals surface area contributed by atoms with Gasteiger partial charge in [-0.2, -0.15) is 22.0 Å². The van der Waals surface area contributed by atoms with Crippen molar-refractivity contribution >= 4 is 12.1 Å². The zero-order valence-electron chi connectivity index (χ0n) is 27.6. The van der Waals surface area contributed by atoms with Gasteiger partial charge in [-0.05, 0) is 39.5 Å². The maximum atomic E-state index is 14.4. The van der Waals surface area contributed by atoms with Crippen molar-refractivity contribution in [2.45, 2.75) is 58.4 Å². The van der Waals surface area contributed by atoms with Crippen LogP contribution >= 0.6 is 0 Å². The van der Waals surface area contributed by atoms with Gasteiger partial charge in [0.2, 0.25) is 12.6 Å². The minimum Gasteiger partial charge on any atom is -0.477 e. The van der Waals surface area contributed by atoms with E-state index in [9.17, 15) is 36.6 Å². The summed E-state index contributed by atoms with van der Waals surface area (Å²) in [5, 5.41) is 39.0. The summed E-state index contributed by atoms with van der Waals surface area (Å²) in [6.07, 6.45) is -6.84. The van der Waals surface area contributed by atoms with Crippen LogP contribution in [0.3, 0.4) is 0 Å². The lowest BCUT2D eigenvalue weighted by atomic mass is 9.98. The molecule has 5 rings (SSSR count). The van der Waals surface area contributed by atoms with Gasteiger partial charge >= 0.3 is 24.2 Å². The maximum absolute atomic E-state index is 14.4. The molecule has 15 nitrogen and oxygen atoms in total. The molecule has 2 aromatic heterocycles. The number of nitrogens with zero attached hydrogens (tertiary/aromatic N) is 7. The van der Waals surface area contributed by atoms with Crippen LogP contribution in [0, 0.1) is 0 Å². The van der Waals surface area contributed by atoms with Crippen molar-refractivity contribution < 1.29 is 61.4 Å². The maximum Gasteiger partial charge on any atom is 0.510 e. The van der Waals surface area contributed by atoms with E-state index in [1.165, 1.54) is 0 Å². The molecule has 0 aliphatic rings. The van der Waals surface area contributed by atoms with Crippen LogP contribution < -0.4 is 0 Å². The highest BCUT2D eigenvalue weighted by Crippen LogP contribution is 2.45. The van der Waals surface area contributed by atoms with E-state index >= 15 is 0 Å². The highest BCUT2D eigenvalue weighted by molar-refractivity contribution is 5.87. The Hall–Kier alpha value is -5.83. The van der Waals surface area contributed by atoms with E-state index in [2.05, 4.69) is 25.2 Å². The van der Waals surface area contributed by atoms with Crippen molar-refractivity contribution in [3.8, 4) is 22.5 Å². The first-order chi connectivity index (χ1) is 25.2. The molecule has 5 aromatic rings. The second-order valence-corrected chi connectivity index (χ2v) is 11.3. The number of ether oxygens (including phenoxy) is 2. The first-order valence-electron chi connectivity index (χ1n) is 15.6. The number of aromatic carboxylic acids is 1. The first-order valence-corrected chi connectivity index (χ1v) is 15.6. The number of hydrogen-bond acceptors (Lipinski definition) is 12. The summed E-state index contributed by atoms with van der Waals surface area (Å²) in [6.45, 7) is 0.425. The smallest absolute Gasteiger partial charge is 0.477 e. The number of imidazole rings is 1. The number of carboxylic acid groups (broad SMARTS) is 1. The molecule has 0 saturated carbocycles. The van der Waals surface area contributed by atoms with Gasteiger partial charge < -0.3 is 19.1 Å². The fourth-order valence-electron chi connectivity index (χ4n) is 5.22. The number of tetrazole rings is 1. The van der Waals surface area contributed by atoms with Crippen LogP contribution in [0.25, 0.3) is 22.5 Å². The third kappa shape index (κ3) is 8.98. The van der Waals surface area contributed by atoms with Crippen LogP contribution in [0.4, 0.5) is 26.7 Å². The molecular weight excluding hydrogens is 717 g/mol. The van der Waals surface area contributed by atoms with Crippen molar-refractivity contribution in [3.05, 3.63) is 107 Å². The molecule has 0 saturated heterocycles. The molecule has 3 N–H and O–H groups in total. The van der Waals surface area contributed by atoms with Gasteiger partial charge in [-0.1, -0.05) is 79.7 Å². The molecule has 53 heavy (non-hydrogen) atoms. The summed E-state index contributed by atoms with van der Waals surface area (Å²) in [6, 6.07) is 20.0. The summed E-state index contributed by atoms with van der Waals surface area (Å²) >= 11 is 0. The number of benzene rings is 3. The van der Waals surface area contributed by atoms with E-state index < -0.39 is 47.7 Å². The number of aryl methyl sites for hydroxylation is 1. The van der Waals surface area contributed by atoms with Gasteiger partial charge in [-0.15, -0.1) is 15.0 Å². The number of carbonyl (C=O) groups is 2. The predicted octanol–water partition coefficient (Wildman–Crippen LogP) is 6.38. The molecule has 0 bridgehead atoms. The molecule has 20 heteroatoms. The Kier molecular flexibility index (Phi) is 11.8. The van der Waals surface area contributed by atoms with E-state index in [4.69, 9.17) is 19.9 Å². The summed E-state index contributed by atoms with van der Waals surface area (Å²) in [7, 11) is 0. The van der Waals surface area contributed by atoms with Crippen molar-refractivity contribution in [1.82, 2.24) is 35.1 Å². The molecule has 280 valence electrons. The van der Waals surface area contributed by atoms with Crippen LogP contribution in [-0.4, -0.2) is 69.0 Å². The fraction of sp³-hybridized carbons (Fsp3) is 0.273. The fourth-order valence-corrected chi connectivity index (χ4v) is 5.22. The quantitative estimate of drug-likeness (QED) is 0.0609. The first kappa shape index (κ1) is 38.4. The van der Waals surface area contributed by atoms with Crippen molar-refractivity contribution in [2.24, 2.45) is 0 Å². The summed E-state index contributed by atoms with van der Waals surface area (Å²) in [5.74, 6) is -7.52. The third-order valence-electron chi connectivity index (χ3n) is 7.70. The molecule has 3 aromatic carbocycles. The normalized spacial score (nSPS) is 11.9. The molecule has 0 aliphatic carbocycles. The molecule has 0 spiro atoms. The van der Waals surface area contributed by atoms with Crippen molar-refractivity contribution in [2.75, 3.05) is 0 Å². The highest BCUT2D eigenvalue weighted by atomic mass is 19.4. The number of hydrogen-bond donors (Lipinski definition) is 3. The Balaban J connectivity index is 1.28. The van der Waals surface area contributed by atoms with Gasteiger partial charge in [0.25, 0.3) is 0 Å². The Morgan fingerprint density at radius 2 is 1.51 bits per heavy atom. The largest absolute Gasteiger partial charge is 0.510 e. The van der Waals surface area contributed by atoms with E-state index in [0.29, 0.717) is 39.8 Å². The molecule has 0 aliphatic heterocycles. The SMILES string of the molecule is CCCc1nc(C(F)(F)C(F)(F)F)c(C(=O)O)n1Cc1ccc(-c2ccccc2-c2nnn(COC(=O)OCc3ccccc3CON(O)O)n2)cc1. The molecule has 0 atom stereocenters. The Morgan fingerprint density at radius 1 is 0.868 bits per heavy atom. The number of carbonyl (C=O) groups excluding carboxylic acids is 1. The number of rotatable bonds is 15. The van der Waals surface area contributed by atoms with E-state index in [-0.39, 0.29) is 37.8 Å².